The maximum Gasteiger partial charge on any atom is 0.126 e. The average Bonchev–Trinajstić information content (AvgIpc) is 2.42. The molecule has 2 rings (SSSR count). The fraction of sp³-hybridized carbons (Fsp3) is 0.667. The first kappa shape index (κ1) is 16.4. The highest BCUT2D eigenvalue weighted by Crippen LogP contribution is 2.35. The Kier molecular flexibility index (Phi) is 5.39. The second-order valence-corrected chi connectivity index (χ2v) is 7.01. The van der Waals surface area contributed by atoms with Crippen LogP contribution in [0.2, 0.25) is 0 Å². The molecular formula is C18H29FN2. The van der Waals surface area contributed by atoms with E-state index in [0.29, 0.717) is 5.56 Å². The summed E-state index contributed by atoms with van der Waals surface area (Å²) >= 11 is 0. The van der Waals surface area contributed by atoms with Gasteiger partial charge in [0, 0.05) is 18.6 Å². The summed E-state index contributed by atoms with van der Waals surface area (Å²) in [6.45, 7) is 5.87. The number of hydrogen-bond donors (Lipinski definition) is 1. The number of aryl methyl sites for hydroxylation is 1. The predicted molar refractivity (Wildman–Crippen MR) is 86.9 cm³/mol. The standard InChI is InChI=1S/C18H29FN2/c1-14-6-5-9-18(11-14,21(3)4)13-20-12-16-8-7-15(2)17(19)10-16/h7-8,10,14,20H,5-6,9,11-13H2,1-4H3. The highest BCUT2D eigenvalue weighted by atomic mass is 19.1. The molecule has 1 fully saturated rings. The van der Waals surface area contributed by atoms with E-state index in [1.165, 1.54) is 25.7 Å². The molecule has 2 atom stereocenters. The van der Waals surface area contributed by atoms with Crippen molar-refractivity contribution < 1.29 is 4.39 Å². The Morgan fingerprint density at radius 3 is 2.76 bits per heavy atom. The number of nitrogens with zero attached hydrogens (tertiary/aromatic N) is 1. The zero-order chi connectivity index (χ0) is 15.5. The van der Waals surface area contributed by atoms with Gasteiger partial charge in [0.05, 0.1) is 0 Å². The van der Waals surface area contributed by atoms with Crippen molar-refractivity contribution in [3.63, 3.8) is 0 Å². The van der Waals surface area contributed by atoms with Crippen molar-refractivity contribution in [1.29, 1.82) is 0 Å². The van der Waals surface area contributed by atoms with E-state index in [-0.39, 0.29) is 11.4 Å². The summed E-state index contributed by atoms with van der Waals surface area (Å²) in [5, 5.41) is 3.55. The number of rotatable bonds is 5. The molecule has 0 spiro atoms. The van der Waals surface area contributed by atoms with Crippen molar-refractivity contribution in [2.75, 3.05) is 20.6 Å². The molecule has 1 aliphatic rings. The van der Waals surface area contributed by atoms with Gasteiger partial charge in [0.2, 0.25) is 0 Å². The van der Waals surface area contributed by atoms with Gasteiger partial charge in [-0.2, -0.15) is 0 Å². The molecule has 0 aliphatic heterocycles. The van der Waals surface area contributed by atoms with E-state index in [0.717, 1.165) is 24.6 Å². The summed E-state index contributed by atoms with van der Waals surface area (Å²) in [5.74, 6) is 0.683. The molecular weight excluding hydrogens is 263 g/mol. The molecule has 1 N–H and O–H groups in total. The van der Waals surface area contributed by atoms with Gasteiger partial charge in [-0.3, -0.25) is 0 Å². The third kappa shape index (κ3) is 4.04. The van der Waals surface area contributed by atoms with Crippen LogP contribution in [0.3, 0.4) is 0 Å². The van der Waals surface area contributed by atoms with E-state index in [1.54, 1.807) is 13.0 Å². The molecule has 1 saturated carbocycles. The van der Waals surface area contributed by atoms with Gasteiger partial charge in [0.1, 0.15) is 5.82 Å². The van der Waals surface area contributed by atoms with Gasteiger partial charge in [-0.25, -0.2) is 4.39 Å². The molecule has 0 bridgehead atoms. The molecule has 2 nitrogen and oxygen atoms in total. The molecule has 1 aromatic rings. The Morgan fingerprint density at radius 2 is 2.14 bits per heavy atom. The molecule has 0 aromatic heterocycles. The number of hydrogen-bond acceptors (Lipinski definition) is 2. The first-order valence-electron chi connectivity index (χ1n) is 8.06. The van der Waals surface area contributed by atoms with Crippen LogP contribution in [0.25, 0.3) is 0 Å². The van der Waals surface area contributed by atoms with E-state index >= 15 is 0 Å². The summed E-state index contributed by atoms with van der Waals surface area (Å²) in [7, 11) is 4.37. The third-order valence-electron chi connectivity index (χ3n) is 5.04. The molecule has 0 heterocycles. The first-order chi connectivity index (χ1) is 9.93. The lowest BCUT2D eigenvalue weighted by Crippen LogP contribution is -2.54. The Hall–Kier alpha value is -0.930. The number of likely N-dealkylation sites (N-methyl/N-ethyl adjacent to an activating group) is 1. The van der Waals surface area contributed by atoms with Gasteiger partial charge in [-0.05, 0) is 57.0 Å². The summed E-state index contributed by atoms with van der Waals surface area (Å²) in [4.78, 5) is 2.38. The zero-order valence-electron chi connectivity index (χ0n) is 13.9. The van der Waals surface area contributed by atoms with E-state index in [2.05, 4.69) is 31.2 Å². The maximum absolute atomic E-state index is 13.6. The fourth-order valence-electron chi connectivity index (χ4n) is 3.54. The average molecular weight is 292 g/mol. The van der Waals surface area contributed by atoms with Crippen molar-refractivity contribution >= 4 is 0 Å². The van der Waals surface area contributed by atoms with Crippen molar-refractivity contribution in [1.82, 2.24) is 10.2 Å². The summed E-state index contributed by atoms with van der Waals surface area (Å²) in [6, 6.07) is 5.52. The Balaban J connectivity index is 1.94. The topological polar surface area (TPSA) is 15.3 Å². The van der Waals surface area contributed by atoms with E-state index in [4.69, 9.17) is 0 Å². The second-order valence-electron chi connectivity index (χ2n) is 7.01. The molecule has 21 heavy (non-hydrogen) atoms. The van der Waals surface area contributed by atoms with Crippen LogP contribution in [0.15, 0.2) is 18.2 Å². The number of halogens is 1. The summed E-state index contributed by atoms with van der Waals surface area (Å²) < 4.78 is 13.6. The maximum atomic E-state index is 13.6. The van der Waals surface area contributed by atoms with Crippen LogP contribution >= 0.6 is 0 Å². The van der Waals surface area contributed by atoms with Crippen LogP contribution in [-0.4, -0.2) is 31.1 Å². The van der Waals surface area contributed by atoms with E-state index in [9.17, 15) is 4.39 Å². The minimum Gasteiger partial charge on any atom is -0.311 e. The normalized spacial score (nSPS) is 26.3. The molecule has 2 unspecified atom stereocenters. The Morgan fingerprint density at radius 1 is 1.38 bits per heavy atom. The molecule has 0 amide bonds. The lowest BCUT2D eigenvalue weighted by atomic mass is 9.75. The predicted octanol–water partition coefficient (Wildman–Crippen LogP) is 3.73. The van der Waals surface area contributed by atoms with Crippen LogP contribution < -0.4 is 5.32 Å². The third-order valence-corrected chi connectivity index (χ3v) is 5.04. The monoisotopic (exact) mass is 292 g/mol. The highest BCUT2D eigenvalue weighted by Gasteiger charge is 2.36. The smallest absolute Gasteiger partial charge is 0.126 e. The van der Waals surface area contributed by atoms with Gasteiger partial charge < -0.3 is 10.2 Å². The second kappa shape index (κ2) is 6.89. The fourth-order valence-corrected chi connectivity index (χ4v) is 3.54. The molecule has 3 heteroatoms. The van der Waals surface area contributed by atoms with Crippen molar-refractivity contribution in [3.8, 4) is 0 Å². The lowest BCUT2D eigenvalue weighted by molar-refractivity contribution is 0.0749. The quantitative estimate of drug-likeness (QED) is 0.889. The minimum atomic E-state index is -0.108. The lowest BCUT2D eigenvalue weighted by Gasteiger charge is -2.45. The molecule has 0 radical (unpaired) electrons. The molecule has 0 saturated heterocycles. The largest absolute Gasteiger partial charge is 0.311 e. The molecule has 1 aliphatic carbocycles. The van der Waals surface area contributed by atoms with Crippen LogP contribution in [0.1, 0.15) is 43.7 Å². The molecule has 118 valence electrons. The van der Waals surface area contributed by atoms with E-state index in [1.807, 2.05) is 12.1 Å². The zero-order valence-corrected chi connectivity index (χ0v) is 13.9. The highest BCUT2D eigenvalue weighted by molar-refractivity contribution is 5.23. The van der Waals surface area contributed by atoms with Gasteiger partial charge in [-0.15, -0.1) is 0 Å². The number of benzene rings is 1. The van der Waals surface area contributed by atoms with Crippen LogP contribution in [0.5, 0.6) is 0 Å². The van der Waals surface area contributed by atoms with Gasteiger partial charge in [-0.1, -0.05) is 31.9 Å². The van der Waals surface area contributed by atoms with Crippen LogP contribution in [0.4, 0.5) is 4.39 Å². The Bertz CT molecular complexity index is 472. The summed E-state index contributed by atoms with van der Waals surface area (Å²) in [5.41, 5.74) is 1.99. The minimum absolute atomic E-state index is 0.108. The van der Waals surface area contributed by atoms with E-state index < -0.39 is 0 Å². The SMILES string of the molecule is Cc1ccc(CNCC2(N(C)C)CCCC(C)C2)cc1F. The summed E-state index contributed by atoms with van der Waals surface area (Å²) in [6.07, 6.45) is 5.15. The van der Waals surface area contributed by atoms with Gasteiger partial charge >= 0.3 is 0 Å². The van der Waals surface area contributed by atoms with Crippen LogP contribution in [0, 0.1) is 18.7 Å². The van der Waals surface area contributed by atoms with Crippen molar-refractivity contribution in [2.45, 2.75) is 51.6 Å². The van der Waals surface area contributed by atoms with Gasteiger partial charge in [0.25, 0.3) is 0 Å². The Labute approximate surface area is 128 Å². The molecule has 1 aromatic carbocycles. The van der Waals surface area contributed by atoms with Crippen LogP contribution in [-0.2, 0) is 6.54 Å². The van der Waals surface area contributed by atoms with Crippen molar-refractivity contribution in [2.24, 2.45) is 5.92 Å². The first-order valence-corrected chi connectivity index (χ1v) is 8.06. The van der Waals surface area contributed by atoms with Gasteiger partial charge in [0.15, 0.2) is 0 Å². The number of nitrogens with one attached hydrogen (secondary N) is 1. The van der Waals surface area contributed by atoms with Crippen molar-refractivity contribution in [3.05, 3.63) is 35.1 Å².